The van der Waals surface area contributed by atoms with Gasteiger partial charge in [0.05, 0.1) is 18.3 Å². The second-order valence-electron chi connectivity index (χ2n) is 9.86. The Morgan fingerprint density at radius 1 is 0.545 bits per heavy atom. The zero-order valence-electron chi connectivity index (χ0n) is 16.1. The monoisotopic (exact) mass is 317 g/mol. The highest BCUT2D eigenvalue weighted by molar-refractivity contribution is 4.84. The lowest BCUT2D eigenvalue weighted by Gasteiger charge is -2.38. The smallest absolute Gasteiger partial charge is 0.0715 e. The van der Waals surface area contributed by atoms with Gasteiger partial charge >= 0.3 is 0 Å². The summed E-state index contributed by atoms with van der Waals surface area (Å²) in [6.07, 6.45) is -1.52. The molecule has 0 rings (SSSR count). The molecule has 0 spiro atoms. The van der Waals surface area contributed by atoms with E-state index in [4.69, 9.17) is 0 Å². The van der Waals surface area contributed by atoms with Crippen molar-refractivity contribution in [2.45, 2.75) is 80.6 Å². The molecule has 0 unspecified atom stereocenters. The fraction of sp³-hybridized carbons (Fsp3) is 1.00. The van der Waals surface area contributed by atoms with Crippen LogP contribution in [0.2, 0.25) is 0 Å². The number of aliphatic hydroxyl groups is 3. The van der Waals surface area contributed by atoms with Gasteiger partial charge in [-0.15, -0.1) is 0 Å². The quantitative estimate of drug-likeness (QED) is 0.704. The van der Waals surface area contributed by atoms with Gasteiger partial charge in [-0.25, -0.2) is 0 Å². The van der Waals surface area contributed by atoms with E-state index in [2.05, 4.69) is 0 Å². The van der Waals surface area contributed by atoms with Crippen molar-refractivity contribution in [3.63, 3.8) is 0 Å². The van der Waals surface area contributed by atoms with Crippen molar-refractivity contribution in [1.29, 1.82) is 0 Å². The minimum absolute atomic E-state index is 0.225. The van der Waals surface area contributed by atoms with Crippen molar-refractivity contribution in [1.82, 2.24) is 4.90 Å². The molecule has 0 amide bonds. The van der Waals surface area contributed by atoms with E-state index in [0.29, 0.717) is 19.6 Å². The summed E-state index contributed by atoms with van der Waals surface area (Å²) < 4.78 is 0. The third kappa shape index (κ3) is 7.91. The fourth-order valence-electron chi connectivity index (χ4n) is 1.78. The van der Waals surface area contributed by atoms with Gasteiger partial charge in [0.1, 0.15) is 0 Å². The molecule has 0 aromatic heterocycles. The van der Waals surface area contributed by atoms with E-state index in [1.165, 1.54) is 0 Å². The second-order valence-corrected chi connectivity index (χ2v) is 9.86. The van der Waals surface area contributed by atoms with E-state index >= 15 is 0 Å². The minimum atomic E-state index is -0.508. The molecule has 0 saturated carbocycles. The van der Waals surface area contributed by atoms with Crippen LogP contribution in [-0.4, -0.2) is 58.2 Å². The first-order chi connectivity index (χ1) is 9.55. The molecule has 0 radical (unpaired) electrons. The first-order valence-corrected chi connectivity index (χ1v) is 8.31. The Labute approximate surface area is 137 Å². The molecule has 0 heterocycles. The number of rotatable bonds is 6. The van der Waals surface area contributed by atoms with E-state index in [9.17, 15) is 15.3 Å². The average Bonchev–Trinajstić information content (AvgIpc) is 2.24. The van der Waals surface area contributed by atoms with Gasteiger partial charge in [-0.05, 0) is 16.2 Å². The van der Waals surface area contributed by atoms with Crippen molar-refractivity contribution < 1.29 is 15.3 Å². The number of hydrogen-bond donors (Lipinski definition) is 3. The van der Waals surface area contributed by atoms with E-state index in [-0.39, 0.29) is 16.2 Å². The van der Waals surface area contributed by atoms with Gasteiger partial charge in [-0.1, -0.05) is 62.3 Å². The van der Waals surface area contributed by atoms with Crippen molar-refractivity contribution in [2.24, 2.45) is 16.2 Å². The lowest BCUT2D eigenvalue weighted by Crippen LogP contribution is -2.49. The third-order valence-electron chi connectivity index (χ3n) is 4.29. The summed E-state index contributed by atoms with van der Waals surface area (Å²) in [5, 5.41) is 31.1. The lowest BCUT2D eigenvalue weighted by molar-refractivity contribution is -0.0379. The topological polar surface area (TPSA) is 63.9 Å². The average molecular weight is 318 g/mol. The zero-order valence-corrected chi connectivity index (χ0v) is 16.1. The second kappa shape index (κ2) is 7.61. The van der Waals surface area contributed by atoms with E-state index in [0.717, 1.165) is 0 Å². The van der Waals surface area contributed by atoms with Gasteiger partial charge in [-0.2, -0.15) is 0 Å². The van der Waals surface area contributed by atoms with Crippen LogP contribution in [0.15, 0.2) is 0 Å². The standard InChI is InChI=1S/C18H39NO3/c1-16(2,3)13(20)10-19(11-14(21)17(4,5)6)12-15(22)18(7,8)9/h13-15,20-22H,10-12H2,1-9H3/t13-,14-,15-/m0/s1. The van der Waals surface area contributed by atoms with Crippen LogP contribution in [0.5, 0.6) is 0 Å². The molecule has 3 N–H and O–H groups in total. The minimum Gasteiger partial charge on any atom is -0.391 e. The van der Waals surface area contributed by atoms with Crippen LogP contribution in [0, 0.1) is 16.2 Å². The molecule has 0 aliphatic heterocycles. The van der Waals surface area contributed by atoms with E-state index in [1.54, 1.807) is 0 Å². The van der Waals surface area contributed by atoms with Gasteiger partial charge in [-0.3, -0.25) is 4.90 Å². The van der Waals surface area contributed by atoms with Gasteiger partial charge < -0.3 is 15.3 Å². The highest BCUT2D eigenvalue weighted by Gasteiger charge is 2.32. The normalized spacial score (nSPS) is 18.4. The number of hydrogen-bond acceptors (Lipinski definition) is 4. The van der Waals surface area contributed by atoms with Crippen molar-refractivity contribution >= 4 is 0 Å². The molecule has 134 valence electrons. The highest BCUT2D eigenvalue weighted by atomic mass is 16.3. The predicted molar refractivity (Wildman–Crippen MR) is 92.8 cm³/mol. The largest absolute Gasteiger partial charge is 0.391 e. The highest BCUT2D eigenvalue weighted by Crippen LogP contribution is 2.25. The van der Waals surface area contributed by atoms with Gasteiger partial charge in [0.2, 0.25) is 0 Å². The van der Waals surface area contributed by atoms with Crippen molar-refractivity contribution in [3.05, 3.63) is 0 Å². The SMILES string of the molecule is CC(C)(C)[C@@H](O)CN(C[C@H](O)C(C)(C)C)C[C@H](O)C(C)(C)C. The van der Waals surface area contributed by atoms with Gasteiger partial charge in [0, 0.05) is 19.6 Å². The molecule has 0 aromatic rings. The molecule has 0 aromatic carbocycles. The molecule has 0 saturated heterocycles. The summed E-state index contributed by atoms with van der Waals surface area (Å²) in [7, 11) is 0. The van der Waals surface area contributed by atoms with Crippen LogP contribution in [0.4, 0.5) is 0 Å². The van der Waals surface area contributed by atoms with Crippen LogP contribution >= 0.6 is 0 Å². The molecule has 4 heteroatoms. The molecular formula is C18H39NO3. The summed E-state index contributed by atoms with van der Waals surface area (Å²) >= 11 is 0. The molecule has 4 nitrogen and oxygen atoms in total. The predicted octanol–water partition coefficient (Wildman–Crippen LogP) is 2.51. The first-order valence-electron chi connectivity index (χ1n) is 8.31. The van der Waals surface area contributed by atoms with Crippen LogP contribution in [0.25, 0.3) is 0 Å². The van der Waals surface area contributed by atoms with Crippen LogP contribution in [-0.2, 0) is 0 Å². The van der Waals surface area contributed by atoms with Crippen LogP contribution in [0.1, 0.15) is 62.3 Å². The van der Waals surface area contributed by atoms with E-state index in [1.807, 2.05) is 67.2 Å². The Bertz CT molecular complexity index is 270. The molecule has 22 heavy (non-hydrogen) atoms. The maximum absolute atomic E-state index is 10.4. The van der Waals surface area contributed by atoms with E-state index < -0.39 is 18.3 Å². The number of nitrogens with zero attached hydrogens (tertiary/aromatic N) is 1. The van der Waals surface area contributed by atoms with Gasteiger partial charge in [0.15, 0.2) is 0 Å². The Balaban J connectivity index is 5.00. The van der Waals surface area contributed by atoms with Gasteiger partial charge in [0.25, 0.3) is 0 Å². The van der Waals surface area contributed by atoms with Crippen LogP contribution < -0.4 is 0 Å². The van der Waals surface area contributed by atoms with Crippen LogP contribution in [0.3, 0.4) is 0 Å². The lowest BCUT2D eigenvalue weighted by atomic mass is 9.85. The molecule has 0 aliphatic carbocycles. The Morgan fingerprint density at radius 2 is 0.727 bits per heavy atom. The summed E-state index contributed by atoms with van der Waals surface area (Å²) in [4.78, 5) is 1.99. The van der Waals surface area contributed by atoms with Crippen molar-refractivity contribution in [3.8, 4) is 0 Å². The Hall–Kier alpha value is -0.160. The maximum atomic E-state index is 10.4. The molecular weight excluding hydrogens is 278 g/mol. The van der Waals surface area contributed by atoms with Crippen molar-refractivity contribution in [2.75, 3.05) is 19.6 Å². The summed E-state index contributed by atoms with van der Waals surface area (Å²) in [5.41, 5.74) is -0.674. The molecule has 0 fully saturated rings. The molecule has 0 bridgehead atoms. The summed E-state index contributed by atoms with van der Waals surface area (Å²) in [6, 6.07) is 0. The fourth-order valence-corrected chi connectivity index (χ4v) is 1.78. The molecule has 3 atom stereocenters. The number of aliphatic hydroxyl groups excluding tert-OH is 3. The summed E-state index contributed by atoms with van der Waals surface area (Å²) in [5.74, 6) is 0. The third-order valence-corrected chi connectivity index (χ3v) is 4.29. The molecule has 0 aliphatic rings. The zero-order chi connectivity index (χ0) is 17.9. The summed E-state index contributed by atoms with van der Waals surface area (Å²) in [6.45, 7) is 19.3. The Morgan fingerprint density at radius 3 is 0.864 bits per heavy atom. The first kappa shape index (κ1) is 21.8. The Kier molecular flexibility index (Phi) is 7.55. The maximum Gasteiger partial charge on any atom is 0.0715 e.